The Bertz CT molecular complexity index is 2470. The van der Waals surface area contributed by atoms with Crippen LogP contribution in [0.2, 0.25) is 0 Å². The van der Waals surface area contributed by atoms with Crippen LogP contribution in [-0.2, 0) is 0 Å². The average Bonchev–Trinajstić information content (AvgIpc) is 3.46. The lowest BCUT2D eigenvalue weighted by Gasteiger charge is -2.11. The summed E-state index contributed by atoms with van der Waals surface area (Å²) in [7, 11) is 0. The molecule has 4 heteroatoms. The van der Waals surface area contributed by atoms with E-state index in [-0.39, 0.29) is 0 Å². The molecule has 0 bridgehead atoms. The lowest BCUT2D eigenvalue weighted by molar-refractivity contribution is 0.954. The van der Waals surface area contributed by atoms with Crippen LogP contribution in [0.25, 0.3) is 83.2 Å². The highest BCUT2D eigenvalue weighted by Crippen LogP contribution is 2.39. The molecule has 2 heterocycles. The molecule has 0 unspecified atom stereocenters. The third kappa shape index (κ3) is 4.27. The van der Waals surface area contributed by atoms with Gasteiger partial charge in [-0.3, -0.25) is 4.57 Å². The number of rotatable bonds is 4. The molecule has 210 valence electrons. The smallest absolute Gasteiger partial charge is 0.238 e. The Morgan fingerprint density at radius 1 is 0.356 bits per heavy atom. The van der Waals surface area contributed by atoms with Gasteiger partial charge < -0.3 is 0 Å². The Morgan fingerprint density at radius 2 is 0.933 bits per heavy atom. The van der Waals surface area contributed by atoms with Crippen molar-refractivity contribution in [2.24, 2.45) is 0 Å². The molecular formula is C41H26N4. The predicted molar refractivity (Wildman–Crippen MR) is 185 cm³/mol. The van der Waals surface area contributed by atoms with Crippen LogP contribution in [0, 0.1) is 0 Å². The summed E-state index contributed by atoms with van der Waals surface area (Å²) in [6.45, 7) is 0. The molecule has 7 aromatic carbocycles. The SMILES string of the molecule is c1ccc(-c2nc(-c3ccccc3)nc(-n3c4cc(-c5ccc6ccccc6c5)ccc4c4c5ccccc5ccc43)n2)cc1. The molecule has 0 radical (unpaired) electrons. The molecule has 45 heavy (non-hydrogen) atoms. The van der Waals surface area contributed by atoms with Crippen molar-refractivity contribution in [2.45, 2.75) is 0 Å². The highest BCUT2D eigenvalue weighted by Gasteiger charge is 2.20. The van der Waals surface area contributed by atoms with E-state index in [1.807, 2.05) is 60.7 Å². The zero-order chi connectivity index (χ0) is 29.7. The largest absolute Gasteiger partial charge is 0.278 e. The van der Waals surface area contributed by atoms with E-state index in [0.717, 1.165) is 33.1 Å². The summed E-state index contributed by atoms with van der Waals surface area (Å²) < 4.78 is 2.21. The van der Waals surface area contributed by atoms with E-state index in [9.17, 15) is 0 Å². The number of hydrogen-bond donors (Lipinski definition) is 0. The summed E-state index contributed by atoms with van der Waals surface area (Å²) in [6, 6.07) is 55.2. The summed E-state index contributed by atoms with van der Waals surface area (Å²) in [4.78, 5) is 15.2. The van der Waals surface area contributed by atoms with Gasteiger partial charge in [-0.2, -0.15) is 9.97 Å². The molecular weight excluding hydrogens is 548 g/mol. The van der Waals surface area contributed by atoms with Gasteiger partial charge in [0, 0.05) is 21.9 Å². The summed E-state index contributed by atoms with van der Waals surface area (Å²) in [5, 5.41) is 7.21. The van der Waals surface area contributed by atoms with Gasteiger partial charge in [0.2, 0.25) is 5.95 Å². The van der Waals surface area contributed by atoms with Gasteiger partial charge in [-0.05, 0) is 50.9 Å². The van der Waals surface area contributed by atoms with E-state index < -0.39 is 0 Å². The average molecular weight is 575 g/mol. The van der Waals surface area contributed by atoms with Crippen molar-refractivity contribution in [1.82, 2.24) is 19.5 Å². The maximum Gasteiger partial charge on any atom is 0.238 e. The fraction of sp³-hybridized carbons (Fsp3) is 0. The molecule has 9 rings (SSSR count). The number of aromatic nitrogens is 4. The second kappa shape index (κ2) is 10.2. The molecule has 9 aromatic rings. The highest BCUT2D eigenvalue weighted by atomic mass is 15.2. The minimum absolute atomic E-state index is 0.591. The zero-order valence-corrected chi connectivity index (χ0v) is 24.3. The molecule has 4 nitrogen and oxygen atoms in total. The lowest BCUT2D eigenvalue weighted by atomic mass is 9.99. The maximum atomic E-state index is 5.14. The quantitative estimate of drug-likeness (QED) is 0.210. The Morgan fingerprint density at radius 3 is 1.67 bits per heavy atom. The van der Waals surface area contributed by atoms with Crippen molar-refractivity contribution in [3.8, 4) is 39.9 Å². The Labute approximate surface area is 259 Å². The van der Waals surface area contributed by atoms with Crippen LogP contribution in [0.1, 0.15) is 0 Å². The number of benzene rings is 7. The van der Waals surface area contributed by atoms with Gasteiger partial charge in [0.05, 0.1) is 11.0 Å². The second-order valence-electron chi connectivity index (χ2n) is 11.3. The molecule has 0 amide bonds. The van der Waals surface area contributed by atoms with Crippen LogP contribution >= 0.6 is 0 Å². The zero-order valence-electron chi connectivity index (χ0n) is 24.3. The van der Waals surface area contributed by atoms with E-state index in [0.29, 0.717) is 17.6 Å². The van der Waals surface area contributed by atoms with Gasteiger partial charge in [-0.15, -0.1) is 0 Å². The van der Waals surface area contributed by atoms with Crippen molar-refractivity contribution in [1.29, 1.82) is 0 Å². The van der Waals surface area contributed by atoms with E-state index in [4.69, 9.17) is 15.0 Å². The third-order valence-electron chi connectivity index (χ3n) is 8.63. The molecule has 0 saturated carbocycles. The summed E-state index contributed by atoms with van der Waals surface area (Å²) in [5.41, 5.74) is 6.31. The van der Waals surface area contributed by atoms with Gasteiger partial charge in [0.15, 0.2) is 11.6 Å². The first-order chi connectivity index (χ1) is 22.3. The predicted octanol–water partition coefficient (Wildman–Crippen LogP) is 10.3. The monoisotopic (exact) mass is 574 g/mol. The van der Waals surface area contributed by atoms with Crippen LogP contribution in [0.15, 0.2) is 158 Å². The van der Waals surface area contributed by atoms with Crippen molar-refractivity contribution in [2.75, 3.05) is 0 Å². The molecule has 0 aliphatic heterocycles. The topological polar surface area (TPSA) is 43.6 Å². The fourth-order valence-electron chi connectivity index (χ4n) is 6.45. The Balaban J connectivity index is 1.37. The van der Waals surface area contributed by atoms with Gasteiger partial charge in [0.1, 0.15) is 0 Å². The van der Waals surface area contributed by atoms with E-state index in [1.165, 1.54) is 32.5 Å². The standard InChI is InChI=1S/C41H26N4/c1-3-13-29(14-4-1)39-42-40(30-15-5-2-6-16-30)44-41(43-39)45-36-24-22-28-12-9-10-18-34(28)38(36)35-23-21-33(26-37(35)45)32-20-19-27-11-7-8-17-31(27)25-32/h1-26H. The van der Waals surface area contributed by atoms with Crippen molar-refractivity contribution >= 4 is 43.4 Å². The molecule has 0 N–H and O–H groups in total. The van der Waals surface area contributed by atoms with Crippen LogP contribution in [-0.4, -0.2) is 19.5 Å². The second-order valence-corrected chi connectivity index (χ2v) is 11.3. The van der Waals surface area contributed by atoms with Crippen LogP contribution in [0.5, 0.6) is 0 Å². The molecule has 0 atom stereocenters. The number of fused-ring (bicyclic) bond motifs is 6. The minimum atomic E-state index is 0.591. The van der Waals surface area contributed by atoms with Gasteiger partial charge in [-0.1, -0.05) is 140 Å². The first kappa shape index (κ1) is 25.4. The van der Waals surface area contributed by atoms with E-state index >= 15 is 0 Å². The summed E-state index contributed by atoms with van der Waals surface area (Å²) in [5.74, 6) is 1.87. The number of nitrogens with zero attached hydrogens (tertiary/aromatic N) is 4. The molecule has 0 aliphatic carbocycles. The number of hydrogen-bond acceptors (Lipinski definition) is 3. The first-order valence-corrected chi connectivity index (χ1v) is 15.1. The van der Waals surface area contributed by atoms with Crippen LogP contribution in [0.3, 0.4) is 0 Å². The molecule has 0 aliphatic rings. The Kier molecular flexibility index (Phi) is 5.78. The van der Waals surface area contributed by atoms with Gasteiger partial charge >= 0.3 is 0 Å². The van der Waals surface area contributed by atoms with Crippen LogP contribution in [0.4, 0.5) is 0 Å². The normalized spacial score (nSPS) is 11.6. The van der Waals surface area contributed by atoms with E-state index in [1.54, 1.807) is 0 Å². The first-order valence-electron chi connectivity index (χ1n) is 15.1. The summed E-state index contributed by atoms with van der Waals surface area (Å²) >= 11 is 0. The molecule has 0 spiro atoms. The third-order valence-corrected chi connectivity index (χ3v) is 8.63. The molecule has 2 aromatic heterocycles. The van der Waals surface area contributed by atoms with Crippen molar-refractivity contribution < 1.29 is 0 Å². The molecule has 0 saturated heterocycles. The highest BCUT2D eigenvalue weighted by molar-refractivity contribution is 6.21. The van der Waals surface area contributed by atoms with Crippen molar-refractivity contribution in [3.05, 3.63) is 158 Å². The minimum Gasteiger partial charge on any atom is -0.278 e. The van der Waals surface area contributed by atoms with Crippen molar-refractivity contribution in [3.63, 3.8) is 0 Å². The summed E-state index contributed by atoms with van der Waals surface area (Å²) in [6.07, 6.45) is 0. The fourth-order valence-corrected chi connectivity index (χ4v) is 6.45. The Hall–Kier alpha value is -6.13. The van der Waals surface area contributed by atoms with Crippen LogP contribution < -0.4 is 0 Å². The van der Waals surface area contributed by atoms with Gasteiger partial charge in [-0.25, -0.2) is 4.98 Å². The van der Waals surface area contributed by atoms with Gasteiger partial charge in [0.25, 0.3) is 0 Å². The maximum absolute atomic E-state index is 5.14. The lowest BCUT2D eigenvalue weighted by Crippen LogP contribution is -2.06. The molecule has 0 fully saturated rings. The van der Waals surface area contributed by atoms with E-state index in [2.05, 4.69) is 102 Å².